The third-order valence-electron chi connectivity index (χ3n) is 5.45. The highest BCUT2D eigenvalue weighted by molar-refractivity contribution is 6.83. The van der Waals surface area contributed by atoms with Crippen LogP contribution in [-0.2, 0) is 4.74 Å². The molecule has 2 nitrogen and oxygen atoms in total. The van der Waals surface area contributed by atoms with Crippen molar-refractivity contribution in [3.63, 3.8) is 0 Å². The van der Waals surface area contributed by atoms with Gasteiger partial charge in [-0.2, -0.15) is 0 Å². The second kappa shape index (κ2) is 5.46. The van der Waals surface area contributed by atoms with Crippen LogP contribution in [-0.4, -0.2) is 27.6 Å². The molecule has 0 heterocycles. The van der Waals surface area contributed by atoms with Gasteiger partial charge in [0.15, 0.2) is 5.90 Å². The molecule has 0 radical (unpaired) electrons. The Bertz CT molecular complexity index is 456. The maximum atomic E-state index is 5.76. The van der Waals surface area contributed by atoms with E-state index in [-0.39, 0.29) is 5.41 Å². The fourth-order valence-electron chi connectivity index (χ4n) is 5.24. The average molecular weight is 304 g/mol. The Labute approximate surface area is 130 Å². The highest BCUT2D eigenvalue weighted by atomic mass is 28.3. The van der Waals surface area contributed by atoms with Gasteiger partial charge in [0.2, 0.25) is 0 Å². The molecule has 0 amide bonds. The van der Waals surface area contributed by atoms with E-state index in [1.807, 2.05) is 7.11 Å². The maximum Gasteiger partial charge on any atom is 0.190 e. The van der Waals surface area contributed by atoms with Crippen molar-refractivity contribution < 1.29 is 4.74 Å². The number of methoxy groups -OCH3 is 1. The van der Waals surface area contributed by atoms with Gasteiger partial charge in [0, 0.05) is 5.41 Å². The molecule has 4 aliphatic rings. The normalized spacial score (nSPS) is 38.1. The van der Waals surface area contributed by atoms with Crippen LogP contribution in [0, 0.1) is 34.6 Å². The lowest BCUT2D eigenvalue weighted by Crippen LogP contribution is -2.50. The summed E-state index contributed by atoms with van der Waals surface area (Å²) in [5.41, 5.74) is 3.67. The predicted octanol–water partition coefficient (Wildman–Crippen LogP) is 4.13. The summed E-state index contributed by atoms with van der Waals surface area (Å²) in [4.78, 5) is 4.78. The van der Waals surface area contributed by atoms with E-state index in [9.17, 15) is 0 Å². The summed E-state index contributed by atoms with van der Waals surface area (Å²) in [7, 11) is 0.528. The predicted molar refractivity (Wildman–Crippen MR) is 91.0 cm³/mol. The second-order valence-electron chi connectivity index (χ2n) is 8.58. The molecule has 4 aliphatic carbocycles. The fourth-order valence-corrected chi connectivity index (χ4v) is 5.85. The molecule has 0 aromatic rings. The smallest absolute Gasteiger partial charge is 0.190 e. The van der Waals surface area contributed by atoms with Crippen LogP contribution in [0.15, 0.2) is 4.99 Å². The van der Waals surface area contributed by atoms with Gasteiger partial charge in [-0.15, -0.1) is 5.54 Å². The molecular weight excluding hydrogens is 274 g/mol. The minimum Gasteiger partial charge on any atom is -0.484 e. The van der Waals surface area contributed by atoms with Crippen LogP contribution in [0.5, 0.6) is 0 Å². The Morgan fingerprint density at radius 1 is 1.10 bits per heavy atom. The summed E-state index contributed by atoms with van der Waals surface area (Å²) in [5, 5.41) is 0. The number of aliphatic imine (C=N–C) groups is 1. The number of ether oxygens (including phenoxy) is 1. The first-order valence-corrected chi connectivity index (χ1v) is 12.0. The van der Waals surface area contributed by atoms with Gasteiger partial charge in [-0.25, -0.2) is 4.99 Å². The van der Waals surface area contributed by atoms with E-state index >= 15 is 0 Å². The van der Waals surface area contributed by atoms with E-state index in [2.05, 4.69) is 31.1 Å². The van der Waals surface area contributed by atoms with Crippen molar-refractivity contribution in [3.8, 4) is 11.5 Å². The SMILES string of the molecule is COC(=NCC#C[Si](C)(C)C)C12CC3CC(CC(C3)C1)C2. The Morgan fingerprint density at radius 3 is 2.05 bits per heavy atom. The molecule has 0 atom stereocenters. The quantitative estimate of drug-likeness (QED) is 0.325. The van der Waals surface area contributed by atoms with Crippen molar-refractivity contribution >= 4 is 14.0 Å². The van der Waals surface area contributed by atoms with Gasteiger partial charge in [0.05, 0.1) is 7.11 Å². The molecule has 0 aromatic carbocycles. The highest BCUT2D eigenvalue weighted by Crippen LogP contribution is 2.60. The monoisotopic (exact) mass is 303 g/mol. The van der Waals surface area contributed by atoms with Crippen LogP contribution in [0.3, 0.4) is 0 Å². The van der Waals surface area contributed by atoms with Gasteiger partial charge in [-0.3, -0.25) is 0 Å². The first kappa shape index (κ1) is 15.2. The van der Waals surface area contributed by atoms with E-state index in [0.717, 1.165) is 23.7 Å². The van der Waals surface area contributed by atoms with Crippen molar-refractivity contribution in [2.45, 2.75) is 58.2 Å². The summed E-state index contributed by atoms with van der Waals surface area (Å²) in [6, 6.07) is 0. The molecule has 0 aromatic heterocycles. The van der Waals surface area contributed by atoms with Crippen molar-refractivity contribution in [2.24, 2.45) is 28.2 Å². The Morgan fingerprint density at radius 2 is 1.62 bits per heavy atom. The van der Waals surface area contributed by atoms with Gasteiger partial charge in [-0.1, -0.05) is 25.6 Å². The zero-order valence-corrected chi connectivity index (χ0v) is 15.0. The lowest BCUT2D eigenvalue weighted by molar-refractivity contribution is -0.0228. The van der Waals surface area contributed by atoms with Gasteiger partial charge >= 0.3 is 0 Å². The van der Waals surface area contributed by atoms with E-state index in [1.165, 1.54) is 38.5 Å². The van der Waals surface area contributed by atoms with Crippen LogP contribution >= 0.6 is 0 Å². The summed E-state index contributed by atoms with van der Waals surface area (Å²) >= 11 is 0. The average Bonchev–Trinajstić information content (AvgIpc) is 2.35. The van der Waals surface area contributed by atoms with Crippen molar-refractivity contribution in [3.05, 3.63) is 0 Å². The van der Waals surface area contributed by atoms with Gasteiger partial charge < -0.3 is 4.74 Å². The summed E-state index contributed by atoms with van der Waals surface area (Å²) < 4.78 is 5.76. The molecule has 116 valence electrons. The van der Waals surface area contributed by atoms with Crippen LogP contribution in [0.1, 0.15) is 38.5 Å². The Balaban J connectivity index is 1.75. The fraction of sp³-hybridized carbons (Fsp3) is 0.833. The van der Waals surface area contributed by atoms with E-state index in [1.54, 1.807) is 0 Å². The highest BCUT2D eigenvalue weighted by Gasteiger charge is 2.54. The summed E-state index contributed by atoms with van der Waals surface area (Å²) in [5.74, 6) is 7.09. The van der Waals surface area contributed by atoms with E-state index in [0.29, 0.717) is 6.54 Å². The number of rotatable bonds is 2. The Kier molecular flexibility index (Phi) is 3.94. The first-order chi connectivity index (χ1) is 9.90. The van der Waals surface area contributed by atoms with Crippen molar-refractivity contribution in [1.29, 1.82) is 0 Å². The number of nitrogens with zero attached hydrogens (tertiary/aromatic N) is 1. The third-order valence-corrected chi connectivity index (χ3v) is 6.38. The van der Waals surface area contributed by atoms with Crippen molar-refractivity contribution in [2.75, 3.05) is 13.7 Å². The van der Waals surface area contributed by atoms with Crippen molar-refractivity contribution in [1.82, 2.24) is 0 Å². The zero-order chi connectivity index (χ0) is 15.1. The third kappa shape index (κ3) is 3.21. The minimum atomic E-state index is -1.28. The lowest BCUT2D eigenvalue weighted by Gasteiger charge is -2.56. The number of hydrogen-bond acceptors (Lipinski definition) is 2. The van der Waals surface area contributed by atoms with Gasteiger partial charge in [0.1, 0.15) is 14.6 Å². The Hall–Kier alpha value is -0.753. The van der Waals surface area contributed by atoms with E-state index < -0.39 is 8.07 Å². The first-order valence-electron chi connectivity index (χ1n) is 8.49. The minimum absolute atomic E-state index is 0.268. The molecule has 4 fully saturated rings. The molecule has 21 heavy (non-hydrogen) atoms. The molecular formula is C18H29NOSi. The standard InChI is InChI=1S/C18H29NOSi/c1-20-17(19-6-5-7-21(2,3)4)18-11-14-8-15(12-18)10-16(9-14)13-18/h14-16H,6,8-13H2,1-4H3. The molecule has 3 heteroatoms. The summed E-state index contributed by atoms with van der Waals surface area (Å²) in [6.45, 7) is 7.45. The van der Waals surface area contributed by atoms with Gasteiger partial charge in [-0.05, 0) is 56.3 Å². The maximum absolute atomic E-state index is 5.76. The molecule has 0 N–H and O–H groups in total. The largest absolute Gasteiger partial charge is 0.484 e. The lowest BCUT2D eigenvalue weighted by atomic mass is 9.49. The second-order valence-corrected chi connectivity index (χ2v) is 13.3. The molecule has 4 saturated carbocycles. The van der Waals surface area contributed by atoms with Gasteiger partial charge in [0.25, 0.3) is 0 Å². The molecule has 0 aliphatic heterocycles. The molecule has 4 bridgehead atoms. The molecule has 0 saturated heterocycles. The van der Waals surface area contributed by atoms with Crippen LogP contribution in [0.2, 0.25) is 19.6 Å². The molecule has 0 spiro atoms. The topological polar surface area (TPSA) is 21.6 Å². The van der Waals surface area contributed by atoms with E-state index in [4.69, 9.17) is 9.73 Å². The number of hydrogen-bond donors (Lipinski definition) is 0. The van der Waals surface area contributed by atoms with Crippen LogP contribution in [0.4, 0.5) is 0 Å². The molecule has 4 rings (SSSR count). The van der Waals surface area contributed by atoms with Crippen LogP contribution in [0.25, 0.3) is 0 Å². The summed E-state index contributed by atoms with van der Waals surface area (Å²) in [6.07, 6.45) is 8.33. The zero-order valence-electron chi connectivity index (χ0n) is 14.0. The molecule has 0 unspecified atom stereocenters. The van der Waals surface area contributed by atoms with Crippen LogP contribution < -0.4 is 0 Å².